The summed E-state index contributed by atoms with van der Waals surface area (Å²) >= 11 is 2.06. The van der Waals surface area contributed by atoms with Crippen molar-refractivity contribution in [3.05, 3.63) is 23.9 Å². The van der Waals surface area contributed by atoms with Crippen LogP contribution in [0.4, 0.5) is 5.82 Å². The van der Waals surface area contributed by atoms with E-state index in [-0.39, 0.29) is 5.54 Å². The fraction of sp³-hybridized carbons (Fsp3) is 0.688. The number of nitrogens with zero attached hydrogens (tertiary/aromatic N) is 2. The van der Waals surface area contributed by atoms with Crippen molar-refractivity contribution >= 4 is 17.6 Å². The van der Waals surface area contributed by atoms with Crippen LogP contribution in [0.1, 0.15) is 40.2 Å². The van der Waals surface area contributed by atoms with Crippen LogP contribution in [0.15, 0.2) is 18.3 Å². The smallest absolute Gasteiger partial charge is 0.133 e. The highest BCUT2D eigenvalue weighted by Gasteiger charge is 2.28. The fourth-order valence-electron chi connectivity index (χ4n) is 2.41. The zero-order valence-corrected chi connectivity index (χ0v) is 14.2. The molecular weight excluding hydrogens is 266 g/mol. The van der Waals surface area contributed by atoms with Crippen molar-refractivity contribution in [2.24, 2.45) is 0 Å². The monoisotopic (exact) mass is 293 g/mol. The topological polar surface area (TPSA) is 28.2 Å². The number of thioether (sulfide) groups is 1. The van der Waals surface area contributed by atoms with Gasteiger partial charge in [-0.05, 0) is 40.7 Å². The highest BCUT2D eigenvalue weighted by atomic mass is 32.2. The van der Waals surface area contributed by atoms with Crippen LogP contribution >= 0.6 is 11.8 Å². The standard InChI is InChI=1S/C16H27N3S/c1-15(2,3)18-11-13-7-6-8-17-14(13)19-9-10-20-16(4,5)12-19/h6-8,18H,9-12H2,1-5H3. The van der Waals surface area contributed by atoms with E-state index in [1.165, 1.54) is 11.3 Å². The summed E-state index contributed by atoms with van der Waals surface area (Å²) in [5.74, 6) is 2.33. The lowest BCUT2D eigenvalue weighted by Crippen LogP contribution is -2.44. The molecule has 2 heterocycles. The van der Waals surface area contributed by atoms with Gasteiger partial charge in [0.1, 0.15) is 5.82 Å². The molecule has 1 aliphatic rings. The number of aromatic nitrogens is 1. The van der Waals surface area contributed by atoms with Crippen molar-refractivity contribution in [3.63, 3.8) is 0 Å². The van der Waals surface area contributed by atoms with Gasteiger partial charge < -0.3 is 10.2 Å². The molecule has 1 N–H and O–H groups in total. The second-order valence-electron chi connectivity index (χ2n) is 7.12. The summed E-state index contributed by atoms with van der Waals surface area (Å²) in [5.41, 5.74) is 1.43. The normalized spacial score (nSPS) is 19.1. The molecule has 0 radical (unpaired) electrons. The number of rotatable bonds is 3. The number of anilines is 1. The molecule has 1 aliphatic heterocycles. The van der Waals surface area contributed by atoms with Crippen molar-refractivity contribution in [2.45, 2.75) is 51.4 Å². The summed E-state index contributed by atoms with van der Waals surface area (Å²) in [7, 11) is 0. The molecule has 0 aliphatic carbocycles. The molecule has 0 amide bonds. The molecule has 4 heteroatoms. The molecule has 2 rings (SSSR count). The van der Waals surface area contributed by atoms with Crippen LogP contribution in [-0.2, 0) is 6.54 Å². The Balaban J connectivity index is 2.15. The van der Waals surface area contributed by atoms with Crippen LogP contribution in [0.3, 0.4) is 0 Å². The number of pyridine rings is 1. The molecule has 1 saturated heterocycles. The first-order chi connectivity index (χ1) is 9.27. The van der Waals surface area contributed by atoms with Crippen molar-refractivity contribution in [2.75, 3.05) is 23.7 Å². The maximum Gasteiger partial charge on any atom is 0.133 e. The van der Waals surface area contributed by atoms with Gasteiger partial charge in [-0.3, -0.25) is 0 Å². The summed E-state index contributed by atoms with van der Waals surface area (Å²) in [6.45, 7) is 14.3. The van der Waals surface area contributed by atoms with Crippen molar-refractivity contribution < 1.29 is 0 Å². The molecule has 1 aromatic heterocycles. The van der Waals surface area contributed by atoms with Crippen molar-refractivity contribution in [1.29, 1.82) is 0 Å². The summed E-state index contributed by atoms with van der Waals surface area (Å²) < 4.78 is 0.310. The lowest BCUT2D eigenvalue weighted by atomic mass is 10.1. The number of hydrogen-bond acceptors (Lipinski definition) is 4. The molecule has 1 aromatic rings. The van der Waals surface area contributed by atoms with Gasteiger partial charge in [0.15, 0.2) is 0 Å². The predicted molar refractivity (Wildman–Crippen MR) is 89.6 cm³/mol. The lowest BCUT2D eigenvalue weighted by molar-refractivity contribution is 0.424. The van der Waals surface area contributed by atoms with E-state index in [0.29, 0.717) is 4.75 Å². The molecule has 20 heavy (non-hydrogen) atoms. The summed E-state index contributed by atoms with van der Waals surface area (Å²) in [6.07, 6.45) is 1.91. The van der Waals surface area contributed by atoms with E-state index >= 15 is 0 Å². The van der Waals surface area contributed by atoms with Gasteiger partial charge in [-0.15, -0.1) is 0 Å². The van der Waals surface area contributed by atoms with Crippen LogP contribution < -0.4 is 10.2 Å². The van der Waals surface area contributed by atoms with Crippen LogP contribution in [0, 0.1) is 0 Å². The first-order valence-corrected chi connectivity index (χ1v) is 8.33. The molecule has 0 spiro atoms. The van der Waals surface area contributed by atoms with E-state index in [0.717, 1.165) is 25.5 Å². The first-order valence-electron chi connectivity index (χ1n) is 7.35. The number of nitrogens with one attached hydrogen (secondary N) is 1. The Labute approximate surface area is 127 Å². The summed E-state index contributed by atoms with van der Waals surface area (Å²) in [4.78, 5) is 7.09. The largest absolute Gasteiger partial charge is 0.354 e. The highest BCUT2D eigenvalue weighted by molar-refractivity contribution is 8.00. The third-order valence-electron chi connectivity index (χ3n) is 3.40. The molecule has 0 atom stereocenters. The Bertz CT molecular complexity index is 451. The van der Waals surface area contributed by atoms with E-state index < -0.39 is 0 Å². The summed E-state index contributed by atoms with van der Waals surface area (Å²) in [5, 5.41) is 3.57. The van der Waals surface area contributed by atoms with Crippen LogP contribution in [0.25, 0.3) is 0 Å². The van der Waals surface area contributed by atoms with Gasteiger partial charge in [0.2, 0.25) is 0 Å². The third-order valence-corrected chi connectivity index (χ3v) is 4.70. The van der Waals surface area contributed by atoms with Crippen molar-refractivity contribution in [3.8, 4) is 0 Å². The summed E-state index contributed by atoms with van der Waals surface area (Å²) in [6, 6.07) is 4.23. The van der Waals surface area contributed by atoms with E-state index in [1.54, 1.807) is 0 Å². The molecule has 0 aromatic carbocycles. The second-order valence-corrected chi connectivity index (χ2v) is 8.92. The van der Waals surface area contributed by atoms with Crippen molar-refractivity contribution in [1.82, 2.24) is 10.3 Å². The lowest BCUT2D eigenvalue weighted by Gasteiger charge is -2.39. The van der Waals surface area contributed by atoms with Gasteiger partial charge in [0, 0.05) is 47.4 Å². The van der Waals surface area contributed by atoms with Gasteiger partial charge in [0.25, 0.3) is 0 Å². The minimum absolute atomic E-state index is 0.129. The molecule has 0 bridgehead atoms. The van der Waals surface area contributed by atoms with Gasteiger partial charge in [-0.2, -0.15) is 11.8 Å². The zero-order valence-electron chi connectivity index (χ0n) is 13.4. The van der Waals surface area contributed by atoms with E-state index in [2.05, 4.69) is 67.6 Å². The molecule has 1 fully saturated rings. The first kappa shape index (κ1) is 15.6. The van der Waals surface area contributed by atoms with Crippen LogP contribution in [0.5, 0.6) is 0 Å². The second kappa shape index (κ2) is 5.94. The number of hydrogen-bond donors (Lipinski definition) is 1. The minimum Gasteiger partial charge on any atom is -0.354 e. The van der Waals surface area contributed by atoms with Gasteiger partial charge in [-0.25, -0.2) is 4.98 Å². The molecular formula is C16H27N3S. The Morgan fingerprint density at radius 1 is 1.40 bits per heavy atom. The predicted octanol–water partition coefficient (Wildman–Crippen LogP) is 3.30. The Morgan fingerprint density at radius 3 is 2.80 bits per heavy atom. The SMILES string of the molecule is CC(C)(C)NCc1cccnc1N1CCSC(C)(C)C1. The van der Waals surface area contributed by atoms with E-state index in [1.807, 2.05) is 12.3 Å². The Morgan fingerprint density at radius 2 is 2.15 bits per heavy atom. The molecule has 0 saturated carbocycles. The van der Waals surface area contributed by atoms with Gasteiger partial charge in [0.05, 0.1) is 0 Å². The Hall–Kier alpha value is -0.740. The molecule has 112 valence electrons. The molecule has 0 unspecified atom stereocenters. The maximum absolute atomic E-state index is 4.65. The van der Waals surface area contributed by atoms with Gasteiger partial charge in [-0.1, -0.05) is 6.07 Å². The quantitative estimate of drug-likeness (QED) is 0.925. The highest BCUT2D eigenvalue weighted by Crippen LogP contribution is 2.32. The third kappa shape index (κ3) is 4.38. The van der Waals surface area contributed by atoms with Gasteiger partial charge >= 0.3 is 0 Å². The van der Waals surface area contributed by atoms with E-state index in [9.17, 15) is 0 Å². The molecule has 3 nitrogen and oxygen atoms in total. The zero-order chi connectivity index (χ0) is 14.8. The minimum atomic E-state index is 0.129. The average molecular weight is 293 g/mol. The van der Waals surface area contributed by atoms with Crippen LogP contribution in [0.2, 0.25) is 0 Å². The fourth-order valence-corrected chi connectivity index (χ4v) is 3.52. The maximum atomic E-state index is 4.65. The average Bonchev–Trinajstić information content (AvgIpc) is 2.34. The Kier molecular flexibility index (Phi) is 4.65. The van der Waals surface area contributed by atoms with Crippen LogP contribution in [-0.4, -0.2) is 34.1 Å². The van der Waals surface area contributed by atoms with E-state index in [4.69, 9.17) is 0 Å².